The molecule has 2 nitrogen and oxygen atoms in total. The summed E-state index contributed by atoms with van der Waals surface area (Å²) >= 11 is 1.92. The molecule has 1 rings (SSSR count). The lowest BCUT2D eigenvalue weighted by molar-refractivity contribution is 0.913. The van der Waals surface area contributed by atoms with Crippen molar-refractivity contribution in [3.8, 4) is 0 Å². The van der Waals surface area contributed by atoms with Crippen LogP contribution in [0.5, 0.6) is 0 Å². The molecule has 0 atom stereocenters. The molecule has 0 N–H and O–H groups in total. The Morgan fingerprint density at radius 3 is 2.82 bits per heavy atom. The molecule has 1 aromatic heterocycles. The van der Waals surface area contributed by atoms with Gasteiger partial charge in [-0.3, -0.25) is 0 Å². The van der Waals surface area contributed by atoms with Crippen molar-refractivity contribution in [3.05, 3.63) is 18.2 Å². The fraction of sp³-hybridized carbons (Fsp3) is 0.625. The van der Waals surface area contributed by atoms with Crippen molar-refractivity contribution in [3.63, 3.8) is 0 Å². The van der Waals surface area contributed by atoms with Crippen LogP contribution in [0.4, 0.5) is 0 Å². The summed E-state index contributed by atoms with van der Waals surface area (Å²) < 4.78 is 1.98. The van der Waals surface area contributed by atoms with Gasteiger partial charge in [0.1, 0.15) is 0 Å². The van der Waals surface area contributed by atoms with Crippen LogP contribution >= 0.6 is 11.8 Å². The smallest absolute Gasteiger partial charge is 0.0947 e. The third-order valence-electron chi connectivity index (χ3n) is 1.32. The minimum absolute atomic E-state index is 0.692. The Morgan fingerprint density at radius 1 is 1.64 bits per heavy atom. The number of hydrogen-bond acceptors (Lipinski definition) is 2. The van der Waals surface area contributed by atoms with Gasteiger partial charge in [0.2, 0.25) is 0 Å². The van der Waals surface area contributed by atoms with Crippen molar-refractivity contribution < 1.29 is 0 Å². The fourth-order valence-electron chi connectivity index (χ4n) is 0.794. The van der Waals surface area contributed by atoms with Gasteiger partial charge in [-0.05, 0) is 5.25 Å². The van der Waals surface area contributed by atoms with E-state index in [-0.39, 0.29) is 0 Å². The molecule has 1 aromatic rings. The topological polar surface area (TPSA) is 17.8 Å². The molecule has 1 heterocycles. The van der Waals surface area contributed by atoms with Crippen molar-refractivity contribution in [2.24, 2.45) is 7.05 Å². The van der Waals surface area contributed by atoms with Gasteiger partial charge in [0.15, 0.2) is 0 Å². The number of nitrogens with zero attached hydrogens (tertiary/aromatic N) is 2. The van der Waals surface area contributed by atoms with Gasteiger partial charge in [0.05, 0.1) is 12.0 Å². The van der Waals surface area contributed by atoms with E-state index in [0.717, 1.165) is 5.75 Å². The summed E-state index contributed by atoms with van der Waals surface area (Å²) in [6, 6.07) is 0. The molecule has 0 fully saturated rings. The van der Waals surface area contributed by atoms with Crippen molar-refractivity contribution in [2.75, 3.05) is 0 Å². The number of rotatable bonds is 3. The van der Waals surface area contributed by atoms with Crippen molar-refractivity contribution in [2.45, 2.75) is 24.9 Å². The molecule has 0 amide bonds. The maximum atomic E-state index is 4.23. The summed E-state index contributed by atoms with van der Waals surface area (Å²) in [6.45, 7) is 4.40. The first-order chi connectivity index (χ1) is 5.18. The van der Waals surface area contributed by atoms with Gasteiger partial charge in [-0.2, -0.15) is 11.8 Å². The van der Waals surface area contributed by atoms with Crippen molar-refractivity contribution >= 4 is 11.8 Å². The van der Waals surface area contributed by atoms with Crippen LogP contribution in [0, 0.1) is 0 Å². The zero-order valence-electron chi connectivity index (χ0n) is 7.24. The van der Waals surface area contributed by atoms with E-state index in [1.165, 1.54) is 5.69 Å². The summed E-state index contributed by atoms with van der Waals surface area (Å²) in [7, 11) is 2.00. The second kappa shape index (κ2) is 3.81. The number of aryl methyl sites for hydroxylation is 1. The van der Waals surface area contributed by atoms with Crippen LogP contribution < -0.4 is 0 Å². The average Bonchev–Trinajstić information content (AvgIpc) is 2.31. The van der Waals surface area contributed by atoms with Crippen LogP contribution in [0.3, 0.4) is 0 Å². The fourth-order valence-corrected chi connectivity index (χ4v) is 1.45. The quantitative estimate of drug-likeness (QED) is 0.691. The Labute approximate surface area is 72.0 Å². The standard InChI is InChI=1S/C8H14N2S/c1-7(2)11-5-8-4-10(3)6-9-8/h4,6-7H,5H2,1-3H3. The molecule has 3 heteroatoms. The van der Waals surface area contributed by atoms with E-state index in [1.807, 2.05) is 29.7 Å². The molecule has 62 valence electrons. The predicted molar refractivity (Wildman–Crippen MR) is 49.6 cm³/mol. The van der Waals surface area contributed by atoms with Gasteiger partial charge in [-0.1, -0.05) is 13.8 Å². The molecule has 0 saturated heterocycles. The minimum Gasteiger partial charge on any atom is -0.340 e. The Hall–Kier alpha value is -0.440. The SMILES string of the molecule is CC(C)SCc1cn(C)cn1. The Kier molecular flexibility index (Phi) is 3.00. The van der Waals surface area contributed by atoms with Crippen LogP contribution in [-0.2, 0) is 12.8 Å². The van der Waals surface area contributed by atoms with Gasteiger partial charge in [0.25, 0.3) is 0 Å². The summed E-state index contributed by atoms with van der Waals surface area (Å²) in [5, 5.41) is 0.692. The molecule has 0 saturated carbocycles. The normalized spacial score (nSPS) is 10.9. The lowest BCUT2D eigenvalue weighted by Gasteiger charge is -2.00. The average molecular weight is 170 g/mol. The largest absolute Gasteiger partial charge is 0.340 e. The summed E-state index contributed by atoms with van der Waals surface area (Å²) in [6.07, 6.45) is 3.91. The Bertz CT molecular complexity index is 218. The van der Waals surface area contributed by atoms with Crippen LogP contribution in [0.2, 0.25) is 0 Å². The number of hydrogen-bond donors (Lipinski definition) is 0. The molecule has 0 unspecified atom stereocenters. The molecule has 0 spiro atoms. The highest BCUT2D eigenvalue weighted by Crippen LogP contribution is 2.14. The molecule has 0 radical (unpaired) electrons. The van der Waals surface area contributed by atoms with E-state index < -0.39 is 0 Å². The Balaban J connectivity index is 2.39. The van der Waals surface area contributed by atoms with Crippen LogP contribution in [0.1, 0.15) is 19.5 Å². The van der Waals surface area contributed by atoms with E-state index in [1.54, 1.807) is 0 Å². The third-order valence-corrected chi connectivity index (χ3v) is 2.45. The lowest BCUT2D eigenvalue weighted by Crippen LogP contribution is -1.88. The number of imidazole rings is 1. The van der Waals surface area contributed by atoms with E-state index in [0.29, 0.717) is 5.25 Å². The molecule has 0 aliphatic rings. The molecular formula is C8H14N2S. The van der Waals surface area contributed by atoms with Crippen LogP contribution in [0.25, 0.3) is 0 Å². The summed E-state index contributed by atoms with van der Waals surface area (Å²) in [4.78, 5) is 4.23. The van der Waals surface area contributed by atoms with Crippen LogP contribution in [0.15, 0.2) is 12.5 Å². The van der Waals surface area contributed by atoms with E-state index >= 15 is 0 Å². The van der Waals surface area contributed by atoms with Gasteiger partial charge in [0, 0.05) is 19.0 Å². The summed E-state index contributed by atoms with van der Waals surface area (Å²) in [5.74, 6) is 1.03. The highest BCUT2D eigenvalue weighted by molar-refractivity contribution is 7.99. The second-order valence-corrected chi connectivity index (χ2v) is 4.46. The second-order valence-electron chi connectivity index (χ2n) is 2.89. The molecule has 0 bridgehead atoms. The maximum Gasteiger partial charge on any atom is 0.0947 e. The summed E-state index contributed by atoms with van der Waals surface area (Å²) in [5.41, 5.74) is 1.17. The molecule has 11 heavy (non-hydrogen) atoms. The molecule has 0 aromatic carbocycles. The van der Waals surface area contributed by atoms with E-state index in [2.05, 4.69) is 25.0 Å². The van der Waals surface area contributed by atoms with E-state index in [4.69, 9.17) is 0 Å². The zero-order valence-corrected chi connectivity index (χ0v) is 8.06. The first kappa shape index (κ1) is 8.65. The lowest BCUT2D eigenvalue weighted by atomic mass is 10.5. The highest BCUT2D eigenvalue weighted by atomic mass is 32.2. The van der Waals surface area contributed by atoms with Gasteiger partial charge < -0.3 is 4.57 Å². The highest BCUT2D eigenvalue weighted by Gasteiger charge is 1.98. The first-order valence-electron chi connectivity index (χ1n) is 3.77. The predicted octanol–water partition coefficient (Wildman–Crippen LogP) is 2.06. The Morgan fingerprint density at radius 2 is 2.36 bits per heavy atom. The molecular weight excluding hydrogens is 156 g/mol. The van der Waals surface area contributed by atoms with Crippen molar-refractivity contribution in [1.29, 1.82) is 0 Å². The van der Waals surface area contributed by atoms with Gasteiger partial charge in [-0.25, -0.2) is 4.98 Å². The maximum absolute atomic E-state index is 4.23. The monoisotopic (exact) mass is 170 g/mol. The third kappa shape index (κ3) is 2.97. The van der Waals surface area contributed by atoms with Crippen molar-refractivity contribution in [1.82, 2.24) is 9.55 Å². The van der Waals surface area contributed by atoms with Crippen LogP contribution in [-0.4, -0.2) is 14.8 Å². The number of aromatic nitrogens is 2. The van der Waals surface area contributed by atoms with Gasteiger partial charge in [-0.15, -0.1) is 0 Å². The molecule has 0 aliphatic heterocycles. The number of thioether (sulfide) groups is 1. The first-order valence-corrected chi connectivity index (χ1v) is 4.82. The van der Waals surface area contributed by atoms with Gasteiger partial charge >= 0.3 is 0 Å². The molecule has 0 aliphatic carbocycles. The zero-order chi connectivity index (χ0) is 8.27. The minimum atomic E-state index is 0.692. The van der Waals surface area contributed by atoms with E-state index in [9.17, 15) is 0 Å².